The van der Waals surface area contributed by atoms with Gasteiger partial charge >= 0.3 is 5.97 Å². The number of fused-ring (bicyclic) bond motifs is 1. The van der Waals surface area contributed by atoms with Gasteiger partial charge in [-0.25, -0.2) is 0 Å². The average Bonchev–Trinajstić information content (AvgIpc) is 2.23. The standard InChI is InChI=1S/C11H16O4/c12-8-4-5-9(13)10-6(8)2-1-3-7(10)11(14)15/h6-8,10,12H,1-5H2,(H,14,15)/t6-,7+,8-,10-/m0/s1. The number of carboxylic acids is 1. The predicted octanol–water partition coefficient (Wildman–Crippen LogP) is 0.827. The van der Waals surface area contributed by atoms with E-state index in [1.54, 1.807) is 0 Å². The highest BCUT2D eigenvalue weighted by atomic mass is 16.4. The second-order valence-electron chi connectivity index (χ2n) is 4.64. The third kappa shape index (κ3) is 1.78. The summed E-state index contributed by atoms with van der Waals surface area (Å²) in [5.74, 6) is -1.95. The average molecular weight is 212 g/mol. The summed E-state index contributed by atoms with van der Waals surface area (Å²) in [6.07, 6.45) is 2.55. The molecule has 4 nitrogen and oxygen atoms in total. The van der Waals surface area contributed by atoms with Gasteiger partial charge in [-0.15, -0.1) is 0 Å². The fourth-order valence-electron chi connectivity index (χ4n) is 3.07. The fraction of sp³-hybridized carbons (Fsp3) is 0.818. The molecule has 0 amide bonds. The third-order valence-corrected chi connectivity index (χ3v) is 3.82. The largest absolute Gasteiger partial charge is 0.481 e. The van der Waals surface area contributed by atoms with Crippen LogP contribution >= 0.6 is 0 Å². The molecule has 0 aromatic carbocycles. The van der Waals surface area contributed by atoms with Gasteiger partial charge in [-0.2, -0.15) is 0 Å². The van der Waals surface area contributed by atoms with Crippen molar-refractivity contribution in [3.8, 4) is 0 Å². The van der Waals surface area contributed by atoms with E-state index in [1.807, 2.05) is 0 Å². The lowest BCUT2D eigenvalue weighted by atomic mass is 9.64. The Morgan fingerprint density at radius 1 is 1.27 bits per heavy atom. The van der Waals surface area contributed by atoms with Crippen molar-refractivity contribution in [1.82, 2.24) is 0 Å². The van der Waals surface area contributed by atoms with Crippen LogP contribution in [0.5, 0.6) is 0 Å². The number of rotatable bonds is 1. The molecule has 2 saturated carbocycles. The zero-order valence-corrected chi connectivity index (χ0v) is 8.56. The van der Waals surface area contributed by atoms with Crippen molar-refractivity contribution < 1.29 is 19.8 Å². The molecule has 4 heteroatoms. The molecule has 0 aliphatic heterocycles. The SMILES string of the molecule is O=C1CC[C@H](O)[C@@H]2CCC[C@@H](C(=O)O)[C@@H]12. The van der Waals surface area contributed by atoms with Gasteiger partial charge in [-0.05, 0) is 25.2 Å². The molecule has 0 unspecified atom stereocenters. The van der Waals surface area contributed by atoms with Crippen molar-refractivity contribution in [3.63, 3.8) is 0 Å². The van der Waals surface area contributed by atoms with Gasteiger partial charge in [0, 0.05) is 12.3 Å². The number of carbonyl (C=O) groups excluding carboxylic acids is 1. The second-order valence-corrected chi connectivity index (χ2v) is 4.64. The summed E-state index contributed by atoms with van der Waals surface area (Å²) >= 11 is 0. The van der Waals surface area contributed by atoms with E-state index in [-0.39, 0.29) is 11.7 Å². The Morgan fingerprint density at radius 3 is 2.67 bits per heavy atom. The normalized spacial score (nSPS) is 41.0. The van der Waals surface area contributed by atoms with E-state index in [0.717, 1.165) is 12.8 Å². The maximum atomic E-state index is 11.7. The lowest BCUT2D eigenvalue weighted by Crippen LogP contribution is -2.46. The zero-order chi connectivity index (χ0) is 11.0. The Balaban J connectivity index is 2.23. The number of carboxylic acid groups (broad SMARTS) is 1. The molecule has 0 radical (unpaired) electrons. The van der Waals surface area contributed by atoms with Crippen LogP contribution in [0.2, 0.25) is 0 Å². The molecule has 0 bridgehead atoms. The van der Waals surface area contributed by atoms with E-state index in [0.29, 0.717) is 19.3 Å². The molecule has 0 saturated heterocycles. The molecule has 2 aliphatic carbocycles. The molecule has 4 atom stereocenters. The Hall–Kier alpha value is -0.900. The van der Waals surface area contributed by atoms with E-state index in [1.165, 1.54) is 0 Å². The first-order chi connectivity index (χ1) is 7.11. The number of hydrogen-bond donors (Lipinski definition) is 2. The first-order valence-electron chi connectivity index (χ1n) is 5.55. The molecule has 84 valence electrons. The molecule has 2 aliphatic rings. The molecule has 0 aromatic rings. The van der Waals surface area contributed by atoms with E-state index in [4.69, 9.17) is 5.11 Å². The number of aliphatic hydroxyl groups is 1. The van der Waals surface area contributed by atoms with Crippen molar-refractivity contribution in [1.29, 1.82) is 0 Å². The maximum absolute atomic E-state index is 11.7. The number of aliphatic carboxylic acids is 1. The molecule has 2 N–H and O–H groups in total. The number of ketones is 1. The molecule has 2 rings (SSSR count). The number of carbonyl (C=O) groups is 2. The van der Waals surface area contributed by atoms with Gasteiger partial charge in [0.25, 0.3) is 0 Å². The number of Topliss-reactive ketones (excluding diaryl/α,β-unsaturated/α-hetero) is 1. The van der Waals surface area contributed by atoms with Crippen LogP contribution in [-0.2, 0) is 9.59 Å². The van der Waals surface area contributed by atoms with Crippen molar-refractivity contribution >= 4 is 11.8 Å². The quantitative estimate of drug-likeness (QED) is 0.675. The zero-order valence-electron chi connectivity index (χ0n) is 8.56. The second kappa shape index (κ2) is 3.93. The maximum Gasteiger partial charge on any atom is 0.307 e. The van der Waals surface area contributed by atoms with Gasteiger partial charge in [0.15, 0.2) is 0 Å². The van der Waals surface area contributed by atoms with Crippen LogP contribution in [0.4, 0.5) is 0 Å². The molecule has 15 heavy (non-hydrogen) atoms. The van der Waals surface area contributed by atoms with E-state index >= 15 is 0 Å². The topological polar surface area (TPSA) is 74.6 Å². The van der Waals surface area contributed by atoms with Crippen molar-refractivity contribution in [2.24, 2.45) is 17.8 Å². The van der Waals surface area contributed by atoms with Gasteiger partial charge in [0.05, 0.1) is 12.0 Å². The van der Waals surface area contributed by atoms with Crippen LogP contribution in [0.15, 0.2) is 0 Å². The molecule has 0 heterocycles. The van der Waals surface area contributed by atoms with Gasteiger partial charge in [0.1, 0.15) is 5.78 Å². The summed E-state index contributed by atoms with van der Waals surface area (Å²) in [5.41, 5.74) is 0. The highest BCUT2D eigenvalue weighted by molar-refractivity contribution is 5.87. The Kier molecular flexibility index (Phi) is 2.78. The first-order valence-corrected chi connectivity index (χ1v) is 5.55. The number of aliphatic hydroxyl groups excluding tert-OH is 1. The van der Waals surface area contributed by atoms with E-state index in [2.05, 4.69) is 0 Å². The monoisotopic (exact) mass is 212 g/mol. The van der Waals surface area contributed by atoms with Gasteiger partial charge in [-0.3, -0.25) is 9.59 Å². The van der Waals surface area contributed by atoms with Crippen molar-refractivity contribution in [2.75, 3.05) is 0 Å². The minimum absolute atomic E-state index is 0.0393. The van der Waals surface area contributed by atoms with Crippen LogP contribution < -0.4 is 0 Å². The van der Waals surface area contributed by atoms with E-state index in [9.17, 15) is 14.7 Å². The summed E-state index contributed by atoms with van der Waals surface area (Å²) in [6, 6.07) is 0. The van der Waals surface area contributed by atoms with Crippen LogP contribution in [-0.4, -0.2) is 28.1 Å². The van der Waals surface area contributed by atoms with Gasteiger partial charge < -0.3 is 10.2 Å². The Labute approximate surface area is 88.3 Å². The lowest BCUT2D eigenvalue weighted by Gasteiger charge is -2.40. The van der Waals surface area contributed by atoms with Crippen LogP contribution in [0, 0.1) is 17.8 Å². The molecular formula is C11H16O4. The highest BCUT2D eigenvalue weighted by Gasteiger charge is 2.46. The van der Waals surface area contributed by atoms with Crippen molar-refractivity contribution in [2.45, 2.75) is 38.2 Å². The molecule has 0 aromatic heterocycles. The minimum atomic E-state index is -0.882. The predicted molar refractivity (Wildman–Crippen MR) is 52.2 cm³/mol. The van der Waals surface area contributed by atoms with Crippen LogP contribution in [0.3, 0.4) is 0 Å². The first kappa shape index (κ1) is 10.6. The minimum Gasteiger partial charge on any atom is -0.481 e. The fourth-order valence-corrected chi connectivity index (χ4v) is 3.07. The van der Waals surface area contributed by atoms with Crippen molar-refractivity contribution in [3.05, 3.63) is 0 Å². The summed E-state index contributed by atoms with van der Waals surface area (Å²) in [6.45, 7) is 0. The van der Waals surface area contributed by atoms with Gasteiger partial charge in [-0.1, -0.05) is 6.42 Å². The summed E-state index contributed by atoms with van der Waals surface area (Å²) < 4.78 is 0. The summed E-state index contributed by atoms with van der Waals surface area (Å²) in [7, 11) is 0. The molecule has 2 fully saturated rings. The van der Waals surface area contributed by atoms with Crippen LogP contribution in [0.25, 0.3) is 0 Å². The lowest BCUT2D eigenvalue weighted by molar-refractivity contribution is -0.155. The van der Waals surface area contributed by atoms with E-state index < -0.39 is 23.9 Å². The third-order valence-electron chi connectivity index (χ3n) is 3.82. The molecule has 0 spiro atoms. The number of hydrogen-bond acceptors (Lipinski definition) is 3. The van der Waals surface area contributed by atoms with Crippen LogP contribution in [0.1, 0.15) is 32.1 Å². The Morgan fingerprint density at radius 2 is 2.00 bits per heavy atom. The molecular weight excluding hydrogens is 196 g/mol. The smallest absolute Gasteiger partial charge is 0.307 e. The summed E-state index contributed by atoms with van der Waals surface area (Å²) in [5, 5.41) is 18.8. The Bertz CT molecular complexity index is 286. The summed E-state index contributed by atoms with van der Waals surface area (Å²) in [4.78, 5) is 22.7. The van der Waals surface area contributed by atoms with Gasteiger partial charge in [0.2, 0.25) is 0 Å². The highest BCUT2D eigenvalue weighted by Crippen LogP contribution is 2.42.